The second-order valence-corrected chi connectivity index (χ2v) is 3.94. The minimum atomic E-state index is -0.453. The Hall–Kier alpha value is -2.69. The van der Waals surface area contributed by atoms with E-state index in [1.165, 1.54) is 32.4 Å². The van der Waals surface area contributed by atoms with Crippen LogP contribution in [-0.2, 0) is 0 Å². The van der Waals surface area contributed by atoms with Crippen LogP contribution in [0.15, 0.2) is 36.4 Å². The Morgan fingerprint density at radius 2 is 2.05 bits per heavy atom. The van der Waals surface area contributed by atoms with Crippen molar-refractivity contribution in [2.75, 3.05) is 19.5 Å². The number of hydrogen-bond donors (Lipinski definition) is 2. The quantitative estimate of drug-likeness (QED) is 0.897. The first-order chi connectivity index (χ1) is 9.67. The van der Waals surface area contributed by atoms with E-state index in [0.29, 0.717) is 17.2 Å². The lowest BCUT2D eigenvalue weighted by Gasteiger charge is -2.13. The van der Waals surface area contributed by atoms with E-state index in [-0.39, 0.29) is 11.3 Å². The summed E-state index contributed by atoms with van der Waals surface area (Å²) in [4.78, 5) is 12.1. The minimum absolute atomic E-state index is 0.108. The third-order valence-corrected chi connectivity index (χ3v) is 2.74. The number of amides is 1. The van der Waals surface area contributed by atoms with Gasteiger partial charge in [-0.25, -0.2) is 0 Å². The topological polar surface area (TPSA) is 67.8 Å². The zero-order valence-electron chi connectivity index (χ0n) is 11.1. The van der Waals surface area contributed by atoms with Crippen LogP contribution in [0.2, 0.25) is 0 Å². The molecular formula is C15H14NO4. The van der Waals surface area contributed by atoms with E-state index in [9.17, 15) is 9.90 Å². The number of benzene rings is 2. The summed E-state index contributed by atoms with van der Waals surface area (Å²) in [5.41, 5.74) is 0.595. The molecule has 2 rings (SSSR count). The molecule has 0 aliphatic carbocycles. The molecule has 2 N–H and O–H groups in total. The van der Waals surface area contributed by atoms with E-state index in [1.807, 2.05) is 0 Å². The molecule has 0 spiro atoms. The summed E-state index contributed by atoms with van der Waals surface area (Å²) in [5, 5.41) is 12.3. The van der Waals surface area contributed by atoms with Crippen LogP contribution >= 0.6 is 0 Å². The fraction of sp³-hybridized carbons (Fsp3) is 0.133. The van der Waals surface area contributed by atoms with E-state index in [2.05, 4.69) is 11.4 Å². The second kappa shape index (κ2) is 5.97. The highest BCUT2D eigenvalue weighted by Gasteiger charge is 2.15. The zero-order valence-corrected chi connectivity index (χ0v) is 11.1. The van der Waals surface area contributed by atoms with Gasteiger partial charge in [0.2, 0.25) is 0 Å². The summed E-state index contributed by atoms with van der Waals surface area (Å²) in [6.45, 7) is 0. The summed E-state index contributed by atoms with van der Waals surface area (Å²) < 4.78 is 10.4. The number of phenolic OH excluding ortho intramolecular Hbond substituents is 1. The molecule has 2 aromatic rings. The number of carbonyl (C=O) groups is 1. The number of rotatable bonds is 4. The monoisotopic (exact) mass is 272 g/mol. The maximum absolute atomic E-state index is 12.1. The molecule has 5 heteroatoms. The molecule has 1 amide bonds. The van der Waals surface area contributed by atoms with Crippen LogP contribution in [0, 0.1) is 6.07 Å². The Morgan fingerprint density at radius 1 is 1.25 bits per heavy atom. The smallest absolute Gasteiger partial charge is 0.259 e. The number of aromatic hydroxyl groups is 1. The number of hydrogen-bond acceptors (Lipinski definition) is 4. The first-order valence-corrected chi connectivity index (χ1v) is 5.88. The van der Waals surface area contributed by atoms with Crippen molar-refractivity contribution in [1.82, 2.24) is 0 Å². The average molecular weight is 272 g/mol. The first kappa shape index (κ1) is 13.7. The zero-order chi connectivity index (χ0) is 14.5. The number of ether oxygens (including phenoxy) is 2. The van der Waals surface area contributed by atoms with Gasteiger partial charge in [-0.05, 0) is 30.3 Å². The van der Waals surface area contributed by atoms with Crippen LogP contribution in [0.1, 0.15) is 10.4 Å². The molecule has 0 saturated heterocycles. The summed E-state index contributed by atoms with van der Waals surface area (Å²) >= 11 is 0. The maximum atomic E-state index is 12.1. The van der Waals surface area contributed by atoms with Crippen molar-refractivity contribution in [3.8, 4) is 17.2 Å². The molecule has 0 aliphatic rings. The number of phenols is 1. The summed E-state index contributed by atoms with van der Waals surface area (Å²) in [5.74, 6) is 0.367. The van der Waals surface area contributed by atoms with E-state index in [1.54, 1.807) is 18.2 Å². The average Bonchev–Trinajstić information content (AvgIpc) is 2.47. The minimum Gasteiger partial charge on any atom is -0.507 e. The molecule has 1 radical (unpaired) electrons. The van der Waals surface area contributed by atoms with Crippen LogP contribution < -0.4 is 14.8 Å². The van der Waals surface area contributed by atoms with Crippen LogP contribution in [0.5, 0.6) is 17.2 Å². The van der Waals surface area contributed by atoms with Gasteiger partial charge in [0.15, 0.2) is 11.5 Å². The van der Waals surface area contributed by atoms with E-state index >= 15 is 0 Å². The summed E-state index contributed by atoms with van der Waals surface area (Å²) in [7, 11) is 3.00. The predicted molar refractivity (Wildman–Crippen MR) is 74.4 cm³/mol. The third-order valence-electron chi connectivity index (χ3n) is 2.74. The predicted octanol–water partition coefficient (Wildman–Crippen LogP) is 2.46. The van der Waals surface area contributed by atoms with Gasteiger partial charge >= 0.3 is 0 Å². The number of carbonyl (C=O) groups excluding carboxylic acids is 1. The molecule has 0 aliphatic heterocycles. The Balaban J connectivity index is 2.31. The Bertz CT molecular complexity index is 625. The molecule has 0 heterocycles. The Morgan fingerprint density at radius 3 is 2.70 bits per heavy atom. The SMILES string of the molecule is COc1cccc(NC(=O)c2c[c]ccc2O)c1OC. The lowest BCUT2D eigenvalue weighted by Crippen LogP contribution is -2.13. The van der Waals surface area contributed by atoms with Crippen LogP contribution in [-0.4, -0.2) is 25.2 Å². The second-order valence-electron chi connectivity index (χ2n) is 3.94. The van der Waals surface area contributed by atoms with Crippen molar-refractivity contribution in [3.63, 3.8) is 0 Å². The fourth-order valence-electron chi connectivity index (χ4n) is 1.78. The first-order valence-electron chi connectivity index (χ1n) is 5.88. The van der Waals surface area contributed by atoms with E-state index in [0.717, 1.165) is 0 Å². The summed E-state index contributed by atoms with van der Waals surface area (Å²) in [6, 6.07) is 12.2. The highest BCUT2D eigenvalue weighted by Crippen LogP contribution is 2.35. The Kier molecular flexibility index (Phi) is 4.10. The van der Waals surface area contributed by atoms with Crippen LogP contribution in [0.25, 0.3) is 0 Å². The van der Waals surface area contributed by atoms with E-state index < -0.39 is 5.91 Å². The third kappa shape index (κ3) is 2.66. The standard InChI is InChI=1S/C15H14NO4/c1-19-13-9-5-7-11(14(13)20-2)16-15(18)10-6-3-4-8-12(10)17/h4-9,17H,1-2H3,(H,16,18). The van der Waals surface area contributed by atoms with Gasteiger partial charge in [-0.15, -0.1) is 0 Å². The van der Waals surface area contributed by atoms with Gasteiger partial charge in [-0.3, -0.25) is 4.79 Å². The van der Waals surface area contributed by atoms with Gasteiger partial charge < -0.3 is 19.9 Å². The number of nitrogens with one attached hydrogen (secondary N) is 1. The van der Waals surface area contributed by atoms with Gasteiger partial charge in [0.25, 0.3) is 5.91 Å². The van der Waals surface area contributed by atoms with Crippen molar-refractivity contribution in [2.45, 2.75) is 0 Å². The number of methoxy groups -OCH3 is 2. The van der Waals surface area contributed by atoms with Gasteiger partial charge in [-0.2, -0.15) is 0 Å². The van der Waals surface area contributed by atoms with Gasteiger partial charge in [0.1, 0.15) is 5.75 Å². The van der Waals surface area contributed by atoms with Crippen molar-refractivity contribution in [3.05, 3.63) is 48.0 Å². The molecule has 2 aromatic carbocycles. The molecule has 0 saturated carbocycles. The largest absolute Gasteiger partial charge is 0.507 e. The number of para-hydroxylation sites is 1. The van der Waals surface area contributed by atoms with Gasteiger partial charge in [-0.1, -0.05) is 12.1 Å². The molecule has 0 atom stereocenters. The Labute approximate surface area is 116 Å². The van der Waals surface area contributed by atoms with Gasteiger partial charge in [0.05, 0.1) is 25.5 Å². The van der Waals surface area contributed by atoms with Crippen LogP contribution in [0.3, 0.4) is 0 Å². The van der Waals surface area contributed by atoms with Gasteiger partial charge in [0, 0.05) is 0 Å². The van der Waals surface area contributed by atoms with E-state index in [4.69, 9.17) is 9.47 Å². The molecule has 0 bridgehead atoms. The number of anilines is 1. The fourth-order valence-corrected chi connectivity index (χ4v) is 1.78. The van der Waals surface area contributed by atoms with Crippen molar-refractivity contribution in [1.29, 1.82) is 0 Å². The molecule has 103 valence electrons. The summed E-state index contributed by atoms with van der Waals surface area (Å²) in [6.07, 6.45) is 0. The lowest BCUT2D eigenvalue weighted by molar-refractivity contribution is 0.102. The molecule has 0 fully saturated rings. The molecule has 0 unspecified atom stereocenters. The molecule has 0 aromatic heterocycles. The lowest BCUT2D eigenvalue weighted by atomic mass is 10.2. The normalized spacial score (nSPS) is 9.90. The van der Waals surface area contributed by atoms with Crippen molar-refractivity contribution < 1.29 is 19.4 Å². The van der Waals surface area contributed by atoms with Crippen molar-refractivity contribution in [2.24, 2.45) is 0 Å². The van der Waals surface area contributed by atoms with Crippen LogP contribution in [0.4, 0.5) is 5.69 Å². The molecular weight excluding hydrogens is 258 g/mol. The molecule has 5 nitrogen and oxygen atoms in total. The molecule has 20 heavy (non-hydrogen) atoms. The van der Waals surface area contributed by atoms with Crippen molar-refractivity contribution >= 4 is 11.6 Å². The maximum Gasteiger partial charge on any atom is 0.259 e. The highest BCUT2D eigenvalue weighted by molar-refractivity contribution is 6.06. The highest BCUT2D eigenvalue weighted by atomic mass is 16.5.